The summed E-state index contributed by atoms with van der Waals surface area (Å²) in [6, 6.07) is 9.77. The number of aromatic carboxylic acids is 1. The van der Waals surface area contributed by atoms with Gasteiger partial charge in [-0.25, -0.2) is 14.2 Å². The van der Waals surface area contributed by atoms with Gasteiger partial charge in [-0.15, -0.1) is 0 Å². The number of methoxy groups -OCH3 is 1. The molecule has 0 unspecified atom stereocenters. The molecule has 2 saturated heterocycles. The normalized spacial score (nSPS) is 19.5. The summed E-state index contributed by atoms with van der Waals surface area (Å²) in [4.78, 5) is 30.7. The van der Waals surface area contributed by atoms with Crippen molar-refractivity contribution in [1.82, 2.24) is 9.88 Å². The maximum Gasteiger partial charge on any atom is 0.416 e. The highest BCUT2D eigenvalue weighted by Gasteiger charge is 2.50. The van der Waals surface area contributed by atoms with Crippen molar-refractivity contribution in [2.24, 2.45) is 0 Å². The molecule has 3 atom stereocenters. The summed E-state index contributed by atoms with van der Waals surface area (Å²) in [5.41, 5.74) is 0.325. The van der Waals surface area contributed by atoms with Crippen molar-refractivity contribution < 1.29 is 50.2 Å². The minimum atomic E-state index is -4.83. The number of alkyl halides is 6. The largest absolute Gasteiger partial charge is 0.481 e. The predicted molar refractivity (Wildman–Crippen MR) is 163 cm³/mol. The fourth-order valence-electron chi connectivity index (χ4n) is 6.52. The first-order chi connectivity index (χ1) is 22.6. The number of benzene rings is 3. The molecule has 0 saturated carbocycles. The number of ether oxygens (including phenoxy) is 1. The average molecular weight is 691 g/mol. The summed E-state index contributed by atoms with van der Waals surface area (Å²) >= 11 is 0.713. The number of aryl methyl sites for hydroxylation is 1. The lowest BCUT2D eigenvalue weighted by atomic mass is 9.90. The quantitative estimate of drug-likeness (QED) is 0.203. The van der Waals surface area contributed by atoms with Crippen molar-refractivity contribution in [3.63, 3.8) is 0 Å². The Kier molecular flexibility index (Phi) is 8.42. The van der Waals surface area contributed by atoms with Crippen molar-refractivity contribution in [3.8, 4) is 28.1 Å². The summed E-state index contributed by atoms with van der Waals surface area (Å²) in [5, 5.41) is 7.93. The molecule has 2 aliphatic rings. The predicted octanol–water partition coefficient (Wildman–Crippen LogP) is 9.72. The third kappa shape index (κ3) is 6.09. The molecule has 3 aromatic carbocycles. The highest BCUT2D eigenvalue weighted by atomic mass is 32.2. The highest BCUT2D eigenvalue weighted by Crippen LogP contribution is 2.55. The fourth-order valence-corrected chi connectivity index (χ4v) is 7.82. The zero-order valence-electron chi connectivity index (χ0n) is 25.1. The number of thioether (sulfide) groups is 1. The number of carboxylic acid groups (broad SMARTS) is 1. The van der Waals surface area contributed by atoms with Gasteiger partial charge in [0, 0.05) is 23.4 Å². The number of hydrogen-bond acceptors (Lipinski definition) is 5. The van der Waals surface area contributed by atoms with Crippen LogP contribution in [0, 0.1) is 12.7 Å². The van der Waals surface area contributed by atoms with Gasteiger partial charge in [-0.05, 0) is 96.1 Å². The SMILES string of the molecule is COc1ncc(-c2ccc(C(=O)O)cc2C)cc1-c1ccc(C(F)(F)F)cc1[C@@H]1CC[C@H]2[C@@H](c3cc(F)cc(C(F)(F)F)c3)SC(=O)N12. The second-order valence-electron chi connectivity index (χ2n) is 11.6. The number of fused-ring (bicyclic) bond motifs is 1. The van der Waals surface area contributed by atoms with E-state index in [0.29, 0.717) is 40.1 Å². The Morgan fingerprint density at radius 3 is 2.27 bits per heavy atom. The van der Waals surface area contributed by atoms with E-state index in [9.17, 15) is 45.4 Å². The van der Waals surface area contributed by atoms with Crippen molar-refractivity contribution in [3.05, 3.63) is 106 Å². The Bertz CT molecular complexity index is 1950. The monoisotopic (exact) mass is 690 g/mol. The number of halogens is 7. The van der Waals surface area contributed by atoms with Gasteiger partial charge in [0.15, 0.2) is 0 Å². The van der Waals surface area contributed by atoms with Crippen LogP contribution in [0.25, 0.3) is 22.3 Å². The molecule has 48 heavy (non-hydrogen) atoms. The molecule has 0 aliphatic carbocycles. The zero-order chi connectivity index (χ0) is 34.7. The first-order valence-electron chi connectivity index (χ1n) is 14.5. The van der Waals surface area contributed by atoms with E-state index >= 15 is 0 Å². The van der Waals surface area contributed by atoms with Crippen LogP contribution in [-0.4, -0.2) is 39.4 Å². The number of pyridine rings is 1. The van der Waals surface area contributed by atoms with Gasteiger partial charge < -0.3 is 14.7 Å². The van der Waals surface area contributed by atoms with Gasteiger partial charge in [0.2, 0.25) is 5.88 Å². The number of amides is 1. The van der Waals surface area contributed by atoms with Crippen LogP contribution in [0.15, 0.2) is 66.9 Å². The maximum atomic E-state index is 14.3. The van der Waals surface area contributed by atoms with Crippen LogP contribution in [0.5, 0.6) is 5.88 Å². The summed E-state index contributed by atoms with van der Waals surface area (Å²) in [6.45, 7) is 1.71. The van der Waals surface area contributed by atoms with Gasteiger partial charge in [0.05, 0.1) is 35.1 Å². The molecule has 6 nitrogen and oxygen atoms in total. The van der Waals surface area contributed by atoms with Crippen molar-refractivity contribution in [2.75, 3.05) is 7.11 Å². The lowest BCUT2D eigenvalue weighted by molar-refractivity contribution is -0.138. The zero-order valence-corrected chi connectivity index (χ0v) is 25.9. The lowest BCUT2D eigenvalue weighted by Crippen LogP contribution is -2.31. The Morgan fingerprint density at radius 1 is 0.917 bits per heavy atom. The van der Waals surface area contributed by atoms with Gasteiger partial charge in [-0.2, -0.15) is 26.3 Å². The van der Waals surface area contributed by atoms with E-state index in [2.05, 4.69) is 4.98 Å². The molecule has 2 aliphatic heterocycles. The molecule has 250 valence electrons. The van der Waals surface area contributed by atoms with Crippen LogP contribution in [-0.2, 0) is 12.4 Å². The third-order valence-corrected chi connectivity index (χ3v) is 9.90. The van der Waals surface area contributed by atoms with E-state index < -0.39 is 57.8 Å². The molecule has 14 heteroatoms. The van der Waals surface area contributed by atoms with E-state index in [4.69, 9.17) is 4.74 Å². The molecule has 1 aromatic heterocycles. The number of carbonyl (C=O) groups is 2. The second kappa shape index (κ2) is 12.1. The third-order valence-electron chi connectivity index (χ3n) is 8.65. The first kappa shape index (κ1) is 33.3. The molecule has 4 aromatic rings. The van der Waals surface area contributed by atoms with Gasteiger partial charge >= 0.3 is 18.3 Å². The Labute approximate surface area is 273 Å². The Balaban J connectivity index is 1.46. The van der Waals surface area contributed by atoms with E-state index in [1.165, 1.54) is 36.4 Å². The molecule has 3 heterocycles. The van der Waals surface area contributed by atoms with E-state index in [1.54, 1.807) is 19.1 Å². The molecule has 0 radical (unpaired) electrons. The number of hydrogen-bond donors (Lipinski definition) is 1. The number of carboxylic acids is 1. The van der Waals surface area contributed by atoms with Crippen LogP contribution in [0.2, 0.25) is 0 Å². The molecule has 6 rings (SSSR count). The van der Waals surface area contributed by atoms with Crippen molar-refractivity contribution in [2.45, 2.75) is 49.5 Å². The van der Waals surface area contributed by atoms with Crippen LogP contribution >= 0.6 is 11.8 Å². The van der Waals surface area contributed by atoms with Crippen molar-refractivity contribution in [1.29, 1.82) is 0 Å². The van der Waals surface area contributed by atoms with E-state index in [0.717, 1.165) is 24.3 Å². The highest BCUT2D eigenvalue weighted by molar-refractivity contribution is 8.14. The van der Waals surface area contributed by atoms with Crippen LogP contribution in [0.3, 0.4) is 0 Å². The summed E-state index contributed by atoms with van der Waals surface area (Å²) < 4.78 is 102. The lowest BCUT2D eigenvalue weighted by Gasteiger charge is -2.28. The second-order valence-corrected chi connectivity index (χ2v) is 12.7. The molecular formula is C34H25F7N2O4S. The minimum absolute atomic E-state index is 0.0408. The van der Waals surface area contributed by atoms with Crippen LogP contribution in [0.4, 0.5) is 35.5 Å². The number of carbonyl (C=O) groups excluding carboxylic acids is 1. The first-order valence-corrected chi connectivity index (χ1v) is 15.4. The summed E-state index contributed by atoms with van der Waals surface area (Å²) in [6.07, 6.45) is -7.64. The van der Waals surface area contributed by atoms with E-state index in [1.807, 2.05) is 0 Å². The van der Waals surface area contributed by atoms with Crippen molar-refractivity contribution >= 4 is 23.0 Å². The molecular weight excluding hydrogens is 665 g/mol. The topological polar surface area (TPSA) is 79.7 Å². The molecule has 0 spiro atoms. The molecule has 2 fully saturated rings. The van der Waals surface area contributed by atoms with Crippen LogP contribution in [0.1, 0.15) is 62.3 Å². The van der Waals surface area contributed by atoms with Gasteiger partial charge in [0.25, 0.3) is 5.24 Å². The molecule has 1 N–H and O–H groups in total. The van der Waals surface area contributed by atoms with Gasteiger partial charge in [-0.1, -0.05) is 23.9 Å². The molecule has 1 amide bonds. The maximum absolute atomic E-state index is 14.3. The summed E-state index contributed by atoms with van der Waals surface area (Å²) in [7, 11) is 1.34. The number of aromatic nitrogens is 1. The van der Waals surface area contributed by atoms with Gasteiger partial charge in [0.1, 0.15) is 5.82 Å². The van der Waals surface area contributed by atoms with E-state index in [-0.39, 0.29) is 41.0 Å². The molecule has 0 bridgehead atoms. The Hall–Kier alpha value is -4.59. The number of rotatable bonds is 6. The minimum Gasteiger partial charge on any atom is -0.481 e. The van der Waals surface area contributed by atoms with Gasteiger partial charge in [-0.3, -0.25) is 4.79 Å². The summed E-state index contributed by atoms with van der Waals surface area (Å²) in [5.74, 6) is -2.15. The number of nitrogens with zero attached hydrogens (tertiary/aromatic N) is 2. The standard InChI is InChI=1S/C34H25F7N2O4S/c1-16-9-17(31(44)45)3-5-23(16)19-12-26(30(47-2)42-15-19)24-6-4-20(33(36,37)38)14-25(24)27-7-8-28-29(48-32(46)43(27)28)18-10-21(34(39,40)41)13-22(35)11-18/h3-6,9-15,27-29H,7-8H2,1-2H3,(H,44,45)/t27-,28-,29+/m0/s1. The smallest absolute Gasteiger partial charge is 0.416 e. The van der Waals surface area contributed by atoms with Crippen LogP contribution < -0.4 is 4.74 Å². The fraction of sp³-hybridized carbons (Fsp3) is 0.265. The Morgan fingerprint density at radius 2 is 1.62 bits per heavy atom. The average Bonchev–Trinajstić information content (AvgIpc) is 3.60.